The van der Waals surface area contributed by atoms with E-state index >= 15 is 0 Å². The number of fused-ring (bicyclic) bond motifs is 1. The highest BCUT2D eigenvalue weighted by Crippen LogP contribution is 2.38. The molecule has 2 aromatic heterocycles. The molecule has 0 radical (unpaired) electrons. The van der Waals surface area contributed by atoms with E-state index in [0.29, 0.717) is 12.2 Å². The van der Waals surface area contributed by atoms with Crippen LogP contribution in [-0.2, 0) is 6.42 Å². The molecule has 0 bridgehead atoms. The van der Waals surface area contributed by atoms with Gasteiger partial charge in [0.15, 0.2) is 0 Å². The zero-order valence-corrected chi connectivity index (χ0v) is 24.6. The molecule has 1 saturated heterocycles. The van der Waals surface area contributed by atoms with Crippen LogP contribution in [0.5, 0.6) is 5.75 Å². The van der Waals surface area contributed by atoms with Crippen LogP contribution in [0.2, 0.25) is 0 Å². The molecule has 214 valence electrons. The molecule has 3 heterocycles. The van der Waals surface area contributed by atoms with Crippen LogP contribution >= 0.6 is 11.3 Å². The molecule has 0 saturated carbocycles. The maximum atomic E-state index is 13.1. The van der Waals surface area contributed by atoms with Crippen LogP contribution in [0.25, 0.3) is 20.7 Å². The Balaban J connectivity index is 1.08. The summed E-state index contributed by atoms with van der Waals surface area (Å²) in [6.07, 6.45) is 6.32. The molecule has 0 unspecified atom stereocenters. The number of anilines is 2. The van der Waals surface area contributed by atoms with Crippen molar-refractivity contribution in [3.63, 3.8) is 0 Å². The first-order valence-corrected chi connectivity index (χ1v) is 15.3. The number of hydrogen-bond acceptors (Lipinski definition) is 7. The second kappa shape index (κ2) is 12.7. The number of rotatable bonds is 9. The summed E-state index contributed by atoms with van der Waals surface area (Å²) in [5.41, 5.74) is 11.5. The summed E-state index contributed by atoms with van der Waals surface area (Å²) < 4.78 is 7.13. The Labute approximate surface area is 250 Å². The van der Waals surface area contributed by atoms with Gasteiger partial charge in [0.1, 0.15) is 12.4 Å². The molecule has 42 heavy (non-hydrogen) atoms. The smallest absolute Gasteiger partial charge is 0.255 e. The second-order valence-corrected chi connectivity index (χ2v) is 11.8. The minimum Gasteiger partial charge on any atom is -0.492 e. The van der Waals surface area contributed by atoms with E-state index in [2.05, 4.69) is 51.4 Å². The summed E-state index contributed by atoms with van der Waals surface area (Å²) in [6.45, 7) is 6.09. The number of nitrogens with one attached hydrogen (secondary N) is 1. The Morgan fingerprint density at radius 2 is 1.81 bits per heavy atom. The number of hydrogen-bond donors (Lipinski definition) is 2. The molecule has 1 aliphatic heterocycles. The third-order valence-corrected chi connectivity index (χ3v) is 9.04. The van der Waals surface area contributed by atoms with Gasteiger partial charge in [0, 0.05) is 28.7 Å². The third-order valence-electron chi connectivity index (χ3n) is 7.74. The lowest BCUT2D eigenvalue weighted by molar-refractivity contribution is 0.102. The lowest BCUT2D eigenvalue weighted by Crippen LogP contribution is -2.33. The van der Waals surface area contributed by atoms with E-state index in [1.807, 2.05) is 48.5 Å². The number of nitrogens with zero attached hydrogens (tertiary/aromatic N) is 3. The Morgan fingerprint density at radius 1 is 1.00 bits per heavy atom. The first-order valence-electron chi connectivity index (χ1n) is 14.5. The van der Waals surface area contributed by atoms with Crippen molar-refractivity contribution in [2.45, 2.75) is 32.6 Å². The van der Waals surface area contributed by atoms with Gasteiger partial charge in [-0.1, -0.05) is 24.6 Å². The zero-order valence-electron chi connectivity index (χ0n) is 23.8. The van der Waals surface area contributed by atoms with Gasteiger partial charge < -0.3 is 15.8 Å². The lowest BCUT2D eigenvalue weighted by atomic mass is 10.0. The van der Waals surface area contributed by atoms with Crippen molar-refractivity contribution < 1.29 is 9.53 Å². The largest absolute Gasteiger partial charge is 0.492 e. The summed E-state index contributed by atoms with van der Waals surface area (Å²) in [6, 6.07) is 23.9. The van der Waals surface area contributed by atoms with Gasteiger partial charge in [0.05, 0.1) is 10.6 Å². The van der Waals surface area contributed by atoms with E-state index in [0.717, 1.165) is 40.5 Å². The summed E-state index contributed by atoms with van der Waals surface area (Å²) in [4.78, 5) is 25.1. The number of carbonyl (C=O) groups is 1. The van der Waals surface area contributed by atoms with Crippen LogP contribution in [0.1, 0.15) is 46.3 Å². The molecule has 5 aromatic rings. The van der Waals surface area contributed by atoms with Gasteiger partial charge in [-0.3, -0.25) is 9.69 Å². The number of piperidine rings is 1. The van der Waals surface area contributed by atoms with Gasteiger partial charge in [0.2, 0.25) is 5.95 Å². The Bertz CT molecular complexity index is 1690. The number of carbonyl (C=O) groups excluding carboxylic acids is 1. The number of likely N-dealkylation sites (tertiary alicyclic amines) is 1. The predicted molar refractivity (Wildman–Crippen MR) is 171 cm³/mol. The normalized spacial score (nSPS) is 13.7. The van der Waals surface area contributed by atoms with E-state index < -0.39 is 0 Å². The van der Waals surface area contributed by atoms with Crippen molar-refractivity contribution in [2.75, 3.05) is 37.3 Å². The monoisotopic (exact) mass is 577 g/mol. The molecular weight excluding hydrogens is 542 g/mol. The number of aryl methyl sites for hydroxylation is 1. The van der Waals surface area contributed by atoms with Crippen molar-refractivity contribution >= 4 is 39.0 Å². The van der Waals surface area contributed by atoms with Gasteiger partial charge in [-0.2, -0.15) is 0 Å². The molecule has 3 aromatic carbocycles. The molecule has 6 rings (SSSR count). The summed E-state index contributed by atoms with van der Waals surface area (Å²) in [5.74, 6) is 0.963. The van der Waals surface area contributed by atoms with Gasteiger partial charge in [-0.15, -0.1) is 11.3 Å². The number of amides is 1. The third kappa shape index (κ3) is 6.61. The van der Waals surface area contributed by atoms with E-state index in [4.69, 9.17) is 10.5 Å². The molecule has 7 nitrogen and oxygen atoms in total. The van der Waals surface area contributed by atoms with Crippen molar-refractivity contribution in [3.8, 4) is 16.3 Å². The summed E-state index contributed by atoms with van der Waals surface area (Å²) in [5, 5.41) is 4.22. The number of ether oxygens (including phenoxy) is 1. The van der Waals surface area contributed by atoms with E-state index in [-0.39, 0.29) is 11.9 Å². The van der Waals surface area contributed by atoms with Crippen molar-refractivity contribution in [3.05, 3.63) is 101 Å². The summed E-state index contributed by atoms with van der Waals surface area (Å²) in [7, 11) is 0. The highest BCUT2D eigenvalue weighted by molar-refractivity contribution is 7.22. The van der Waals surface area contributed by atoms with Gasteiger partial charge in [-0.05, 0) is 116 Å². The molecule has 1 amide bonds. The average Bonchev–Trinajstić information content (AvgIpc) is 3.34. The Hall–Kier alpha value is -4.27. The van der Waals surface area contributed by atoms with Crippen LogP contribution in [0.15, 0.2) is 79.0 Å². The minimum atomic E-state index is -0.131. The molecule has 8 heteroatoms. The van der Waals surface area contributed by atoms with Crippen molar-refractivity contribution in [1.29, 1.82) is 0 Å². The highest BCUT2D eigenvalue weighted by atomic mass is 32.1. The molecule has 1 aliphatic rings. The molecule has 3 N–H and O–H groups in total. The SMILES string of the molecule is Cc1c(-c2ccnc(N)n2)sc2ccc(Cc3cccc(C(=O)Nc4ccc(OCCN5CCCCC5)cc4)c3)cc12. The van der Waals surface area contributed by atoms with E-state index in [1.54, 1.807) is 17.5 Å². The highest BCUT2D eigenvalue weighted by Gasteiger charge is 2.14. The molecule has 1 fully saturated rings. The Kier molecular flexibility index (Phi) is 8.44. The van der Waals surface area contributed by atoms with E-state index in [1.165, 1.54) is 53.6 Å². The molecule has 0 aliphatic carbocycles. The van der Waals surface area contributed by atoms with Crippen LogP contribution in [0.3, 0.4) is 0 Å². The lowest BCUT2D eigenvalue weighted by Gasteiger charge is -2.26. The number of aromatic nitrogens is 2. The van der Waals surface area contributed by atoms with Crippen LogP contribution < -0.4 is 15.8 Å². The quantitative estimate of drug-likeness (QED) is 0.197. The van der Waals surface area contributed by atoms with Crippen molar-refractivity contribution in [2.24, 2.45) is 0 Å². The topological polar surface area (TPSA) is 93.4 Å². The fourth-order valence-electron chi connectivity index (χ4n) is 5.49. The maximum absolute atomic E-state index is 13.1. The van der Waals surface area contributed by atoms with Crippen molar-refractivity contribution in [1.82, 2.24) is 14.9 Å². The fourth-order valence-corrected chi connectivity index (χ4v) is 6.65. The average molecular weight is 578 g/mol. The standard InChI is InChI=1S/C34H35N5O2S/c1-23-29-22-25(8-13-31(29)42-32(23)30-14-15-36-34(35)38-30)20-24-6-5-7-26(21-24)33(40)37-27-9-11-28(12-10-27)41-19-18-39-16-3-2-4-17-39/h5-15,21-22H,2-4,16-20H2,1H3,(H,37,40)(H2,35,36,38). The number of benzene rings is 3. The number of nitrogens with two attached hydrogens (primary N) is 1. The molecule has 0 atom stereocenters. The first-order chi connectivity index (χ1) is 20.5. The van der Waals surface area contributed by atoms with Gasteiger partial charge in [-0.25, -0.2) is 9.97 Å². The van der Waals surface area contributed by atoms with Crippen LogP contribution in [-0.4, -0.2) is 47.0 Å². The molecule has 0 spiro atoms. The van der Waals surface area contributed by atoms with Gasteiger partial charge in [0.25, 0.3) is 5.91 Å². The van der Waals surface area contributed by atoms with Crippen LogP contribution in [0, 0.1) is 6.92 Å². The van der Waals surface area contributed by atoms with Gasteiger partial charge >= 0.3 is 0 Å². The maximum Gasteiger partial charge on any atom is 0.255 e. The fraction of sp³-hybridized carbons (Fsp3) is 0.265. The Morgan fingerprint density at radius 3 is 2.62 bits per heavy atom. The minimum absolute atomic E-state index is 0.131. The first kappa shape index (κ1) is 27.9. The number of nitrogen functional groups attached to an aromatic ring is 1. The van der Waals surface area contributed by atoms with E-state index in [9.17, 15) is 4.79 Å². The zero-order chi connectivity index (χ0) is 28.9. The predicted octanol–water partition coefficient (Wildman–Crippen LogP) is 6.96. The summed E-state index contributed by atoms with van der Waals surface area (Å²) >= 11 is 1.71. The second-order valence-electron chi connectivity index (χ2n) is 10.8. The molecular formula is C34H35N5O2S. The van der Waals surface area contributed by atoms with Crippen LogP contribution in [0.4, 0.5) is 11.6 Å². The number of thiophene rings is 1.